The molecule has 2 aromatic rings. The summed E-state index contributed by atoms with van der Waals surface area (Å²) in [5.74, 6) is 0. The van der Waals surface area contributed by atoms with Crippen LogP contribution >= 0.6 is 23.7 Å². The van der Waals surface area contributed by atoms with E-state index in [1.165, 1.54) is 11.1 Å². The van der Waals surface area contributed by atoms with Gasteiger partial charge in [-0.05, 0) is 25.5 Å². The highest BCUT2D eigenvalue weighted by molar-refractivity contribution is 7.07. The molecule has 1 heterocycles. The van der Waals surface area contributed by atoms with Gasteiger partial charge in [0.05, 0.1) is 5.69 Å². The van der Waals surface area contributed by atoms with Crippen LogP contribution in [-0.2, 0) is 7.05 Å². The molecule has 1 aromatic carbocycles. The van der Waals surface area contributed by atoms with E-state index in [-0.39, 0.29) is 12.4 Å². The Morgan fingerprint density at radius 2 is 2.00 bits per heavy atom. The summed E-state index contributed by atoms with van der Waals surface area (Å²) in [5.41, 5.74) is 3.56. The minimum atomic E-state index is 0. The first-order chi connectivity index (χ1) is 7.16. The number of thiazole rings is 1. The summed E-state index contributed by atoms with van der Waals surface area (Å²) >= 11 is 1.65. The molecule has 0 N–H and O–H groups in total. The Balaban J connectivity index is 0.00000128. The highest BCUT2D eigenvalue weighted by Crippen LogP contribution is 2.18. The van der Waals surface area contributed by atoms with Crippen molar-refractivity contribution >= 4 is 29.4 Å². The fraction of sp³-hybridized carbons (Fsp3) is 0.250. The summed E-state index contributed by atoms with van der Waals surface area (Å²) in [6.07, 6.45) is 2.02. The van der Waals surface area contributed by atoms with Gasteiger partial charge in [0.2, 0.25) is 0 Å². The van der Waals surface area contributed by atoms with Crippen molar-refractivity contribution in [3.05, 3.63) is 45.7 Å². The third kappa shape index (κ3) is 2.74. The van der Waals surface area contributed by atoms with Gasteiger partial charge < -0.3 is 4.57 Å². The number of halogens is 1. The first-order valence-corrected chi connectivity index (χ1v) is 5.77. The zero-order valence-corrected chi connectivity index (χ0v) is 11.2. The Morgan fingerprint density at radius 1 is 1.25 bits per heavy atom. The van der Waals surface area contributed by atoms with Crippen molar-refractivity contribution in [1.29, 1.82) is 0 Å². The molecule has 0 saturated carbocycles. The Hall–Kier alpha value is -1.06. The van der Waals surface area contributed by atoms with Crippen molar-refractivity contribution in [1.82, 2.24) is 4.57 Å². The molecule has 0 aliphatic heterocycles. The molecule has 86 valence electrons. The highest BCUT2D eigenvalue weighted by atomic mass is 35.5. The fourth-order valence-electron chi connectivity index (χ4n) is 1.47. The van der Waals surface area contributed by atoms with Crippen LogP contribution in [0.3, 0.4) is 0 Å². The summed E-state index contributed by atoms with van der Waals surface area (Å²) in [4.78, 5) is 5.65. The third-order valence-electron chi connectivity index (χ3n) is 2.33. The molecule has 0 amide bonds. The molecular weight excluding hydrogens is 240 g/mol. The number of aromatic nitrogens is 1. The van der Waals surface area contributed by atoms with Gasteiger partial charge in [0.25, 0.3) is 0 Å². The van der Waals surface area contributed by atoms with Crippen molar-refractivity contribution < 1.29 is 0 Å². The lowest BCUT2D eigenvalue weighted by Gasteiger charge is -2.00. The van der Waals surface area contributed by atoms with Crippen LogP contribution in [0.1, 0.15) is 11.1 Å². The second kappa shape index (κ2) is 5.32. The van der Waals surface area contributed by atoms with Gasteiger partial charge in [-0.25, -0.2) is 4.99 Å². The molecular formula is C12H15ClN2S. The van der Waals surface area contributed by atoms with E-state index >= 15 is 0 Å². The van der Waals surface area contributed by atoms with Gasteiger partial charge in [-0.3, -0.25) is 0 Å². The van der Waals surface area contributed by atoms with Crippen molar-refractivity contribution in [2.75, 3.05) is 0 Å². The molecule has 0 unspecified atom stereocenters. The van der Waals surface area contributed by atoms with Crippen molar-refractivity contribution in [2.45, 2.75) is 13.8 Å². The number of benzene rings is 1. The Bertz CT molecular complexity index is 540. The van der Waals surface area contributed by atoms with E-state index in [1.807, 2.05) is 23.2 Å². The van der Waals surface area contributed by atoms with Crippen LogP contribution in [0.15, 0.2) is 34.8 Å². The zero-order chi connectivity index (χ0) is 10.8. The smallest absolute Gasteiger partial charge is 0.189 e. The van der Waals surface area contributed by atoms with Crippen molar-refractivity contribution in [3.63, 3.8) is 0 Å². The molecule has 16 heavy (non-hydrogen) atoms. The SMILES string of the molecule is Cc1ccc(N=c2sccn2C)c(C)c1.Cl. The van der Waals surface area contributed by atoms with E-state index in [9.17, 15) is 0 Å². The maximum absolute atomic E-state index is 4.62. The summed E-state index contributed by atoms with van der Waals surface area (Å²) in [6, 6.07) is 6.33. The lowest BCUT2D eigenvalue weighted by molar-refractivity contribution is 0.873. The fourth-order valence-corrected chi connectivity index (χ4v) is 2.21. The minimum Gasteiger partial charge on any atom is -0.327 e. The van der Waals surface area contributed by atoms with Gasteiger partial charge in [0.1, 0.15) is 0 Å². The Morgan fingerprint density at radius 3 is 2.56 bits per heavy atom. The standard InChI is InChI=1S/C12H14N2S.ClH/c1-9-4-5-11(10(2)8-9)13-12-14(3)6-7-15-12;/h4-8H,1-3H3;1H. The van der Waals surface area contributed by atoms with E-state index in [2.05, 4.69) is 37.0 Å². The Labute approximate surface area is 106 Å². The Kier molecular flexibility index (Phi) is 4.33. The average Bonchev–Trinajstić information content (AvgIpc) is 2.57. The van der Waals surface area contributed by atoms with Crippen LogP contribution in [0.4, 0.5) is 5.69 Å². The molecule has 1 aromatic heterocycles. The zero-order valence-electron chi connectivity index (χ0n) is 9.60. The van der Waals surface area contributed by atoms with Crippen LogP contribution in [-0.4, -0.2) is 4.57 Å². The first kappa shape index (κ1) is 13.0. The van der Waals surface area contributed by atoms with Crippen molar-refractivity contribution in [2.24, 2.45) is 12.0 Å². The molecule has 2 rings (SSSR count). The highest BCUT2D eigenvalue weighted by Gasteiger charge is 1.96. The molecule has 0 aliphatic rings. The molecule has 0 atom stereocenters. The summed E-state index contributed by atoms with van der Waals surface area (Å²) in [7, 11) is 2.01. The third-order valence-corrected chi connectivity index (χ3v) is 3.18. The van der Waals surface area contributed by atoms with Crippen molar-refractivity contribution in [3.8, 4) is 0 Å². The van der Waals surface area contributed by atoms with Crippen LogP contribution in [0.25, 0.3) is 0 Å². The lowest BCUT2D eigenvalue weighted by atomic mass is 10.1. The predicted octanol–water partition coefficient (Wildman–Crippen LogP) is 3.36. The predicted molar refractivity (Wildman–Crippen MR) is 71.7 cm³/mol. The summed E-state index contributed by atoms with van der Waals surface area (Å²) in [6.45, 7) is 4.20. The molecule has 0 bridgehead atoms. The monoisotopic (exact) mass is 254 g/mol. The largest absolute Gasteiger partial charge is 0.327 e. The van der Waals surface area contributed by atoms with E-state index in [0.717, 1.165) is 10.5 Å². The number of rotatable bonds is 1. The molecule has 2 nitrogen and oxygen atoms in total. The average molecular weight is 255 g/mol. The molecule has 0 spiro atoms. The van der Waals surface area contributed by atoms with E-state index < -0.39 is 0 Å². The van der Waals surface area contributed by atoms with E-state index in [0.29, 0.717) is 0 Å². The maximum Gasteiger partial charge on any atom is 0.189 e. The number of hydrogen-bond acceptors (Lipinski definition) is 2. The van der Waals surface area contributed by atoms with Gasteiger partial charge in [0, 0.05) is 18.6 Å². The molecule has 0 aliphatic carbocycles. The second-order valence-corrected chi connectivity index (χ2v) is 4.57. The van der Waals surface area contributed by atoms with Crippen LogP contribution in [0.2, 0.25) is 0 Å². The normalized spacial score (nSPS) is 11.3. The molecule has 4 heteroatoms. The van der Waals surface area contributed by atoms with Gasteiger partial charge in [-0.15, -0.1) is 23.7 Å². The first-order valence-electron chi connectivity index (χ1n) is 4.89. The number of aryl methyl sites for hydroxylation is 3. The maximum atomic E-state index is 4.62. The minimum absolute atomic E-state index is 0. The number of hydrogen-bond donors (Lipinski definition) is 0. The summed E-state index contributed by atoms with van der Waals surface area (Å²) in [5, 5.41) is 2.04. The topological polar surface area (TPSA) is 17.3 Å². The van der Waals surface area contributed by atoms with Crippen LogP contribution in [0, 0.1) is 13.8 Å². The lowest BCUT2D eigenvalue weighted by Crippen LogP contribution is -2.08. The molecule has 0 saturated heterocycles. The second-order valence-electron chi connectivity index (χ2n) is 3.70. The summed E-state index contributed by atoms with van der Waals surface area (Å²) < 4.78 is 2.03. The molecule has 0 fully saturated rings. The molecule has 0 radical (unpaired) electrons. The van der Waals surface area contributed by atoms with Gasteiger partial charge in [-0.2, -0.15) is 0 Å². The van der Waals surface area contributed by atoms with Gasteiger partial charge >= 0.3 is 0 Å². The quantitative estimate of drug-likeness (QED) is 0.743. The van der Waals surface area contributed by atoms with E-state index in [1.54, 1.807) is 11.3 Å². The van der Waals surface area contributed by atoms with Gasteiger partial charge in [0.15, 0.2) is 4.80 Å². The number of nitrogens with zero attached hydrogens (tertiary/aromatic N) is 2. The van der Waals surface area contributed by atoms with Crippen LogP contribution < -0.4 is 4.80 Å². The van der Waals surface area contributed by atoms with Crippen LogP contribution in [0.5, 0.6) is 0 Å². The van der Waals surface area contributed by atoms with Gasteiger partial charge in [-0.1, -0.05) is 17.7 Å². The van der Waals surface area contributed by atoms with E-state index in [4.69, 9.17) is 0 Å².